The van der Waals surface area contributed by atoms with Crippen LogP contribution in [0.2, 0.25) is 0 Å². The number of hydrogen-bond donors (Lipinski definition) is 1. The van der Waals surface area contributed by atoms with E-state index in [9.17, 15) is 4.79 Å². The fourth-order valence-corrected chi connectivity index (χ4v) is 2.03. The summed E-state index contributed by atoms with van der Waals surface area (Å²) in [6.07, 6.45) is 3.72. The molecule has 0 spiro atoms. The Bertz CT molecular complexity index is 300. The Morgan fingerprint density at radius 2 is 2.20 bits per heavy atom. The van der Waals surface area contributed by atoms with E-state index in [2.05, 4.69) is 38.7 Å². The van der Waals surface area contributed by atoms with E-state index < -0.39 is 0 Å². The van der Waals surface area contributed by atoms with Crippen LogP contribution in [0.5, 0.6) is 0 Å². The molecule has 15 heavy (non-hydrogen) atoms. The lowest BCUT2D eigenvalue weighted by Gasteiger charge is -2.28. The van der Waals surface area contributed by atoms with Crippen molar-refractivity contribution in [3.8, 4) is 0 Å². The molecule has 0 atom stereocenters. The number of rotatable bonds is 4. The van der Waals surface area contributed by atoms with Gasteiger partial charge >= 0.3 is 0 Å². The highest BCUT2D eigenvalue weighted by Crippen LogP contribution is 2.34. The minimum absolute atomic E-state index is 0.0898. The van der Waals surface area contributed by atoms with Gasteiger partial charge in [0.2, 0.25) is 0 Å². The van der Waals surface area contributed by atoms with E-state index in [1.165, 1.54) is 0 Å². The topological polar surface area (TPSA) is 29.1 Å². The molecule has 0 fully saturated rings. The van der Waals surface area contributed by atoms with Crippen molar-refractivity contribution in [3.63, 3.8) is 0 Å². The van der Waals surface area contributed by atoms with Gasteiger partial charge in [0.15, 0.2) is 5.78 Å². The molecule has 0 aromatic heterocycles. The third-order valence-electron chi connectivity index (χ3n) is 2.67. The minimum Gasteiger partial charge on any atom is -0.317 e. The molecule has 1 aliphatic carbocycles. The maximum atomic E-state index is 11.8. The van der Waals surface area contributed by atoms with Crippen molar-refractivity contribution in [1.29, 1.82) is 0 Å². The summed E-state index contributed by atoms with van der Waals surface area (Å²) in [5.74, 6) is 0.159. The van der Waals surface area contributed by atoms with E-state index in [0.717, 1.165) is 37.1 Å². The molecule has 1 aliphatic rings. The highest BCUT2D eigenvalue weighted by molar-refractivity contribution is 6.08. The van der Waals surface area contributed by atoms with Crippen LogP contribution in [0.25, 0.3) is 0 Å². The van der Waals surface area contributed by atoms with Crippen LogP contribution < -0.4 is 5.32 Å². The fraction of sp³-hybridized carbons (Fsp3) is 0.615. The Kier molecular flexibility index (Phi) is 3.86. The molecular formula is C13H21NO. The lowest BCUT2D eigenvalue weighted by molar-refractivity contribution is -0.113. The molecule has 2 nitrogen and oxygen atoms in total. The van der Waals surface area contributed by atoms with Gasteiger partial charge in [-0.3, -0.25) is 4.79 Å². The van der Waals surface area contributed by atoms with Crippen molar-refractivity contribution in [2.75, 3.05) is 13.1 Å². The highest BCUT2D eigenvalue weighted by Gasteiger charge is 2.28. The zero-order chi connectivity index (χ0) is 11.5. The van der Waals surface area contributed by atoms with Crippen LogP contribution in [-0.4, -0.2) is 18.9 Å². The van der Waals surface area contributed by atoms with E-state index in [4.69, 9.17) is 0 Å². The molecule has 0 saturated heterocycles. The largest absolute Gasteiger partial charge is 0.317 e. The highest BCUT2D eigenvalue weighted by atomic mass is 16.1. The van der Waals surface area contributed by atoms with Crippen LogP contribution in [-0.2, 0) is 4.79 Å². The second kappa shape index (κ2) is 4.75. The second-order valence-electron chi connectivity index (χ2n) is 4.87. The van der Waals surface area contributed by atoms with Gasteiger partial charge in [-0.2, -0.15) is 0 Å². The normalized spacial score (nSPS) is 20.3. The zero-order valence-corrected chi connectivity index (χ0v) is 10.0. The number of nitrogens with one attached hydrogen (secondary N) is 1. The molecule has 0 aliphatic heterocycles. The van der Waals surface area contributed by atoms with Gasteiger partial charge in [-0.25, -0.2) is 0 Å². The number of allylic oxidation sites excluding steroid dienone is 2. The predicted molar refractivity (Wildman–Crippen MR) is 63.8 cm³/mol. The lowest BCUT2D eigenvalue weighted by Crippen LogP contribution is -2.24. The summed E-state index contributed by atoms with van der Waals surface area (Å²) in [5.41, 5.74) is 1.78. The lowest BCUT2D eigenvalue weighted by atomic mass is 9.76. The Labute approximate surface area is 92.4 Å². The van der Waals surface area contributed by atoms with Crippen molar-refractivity contribution >= 4 is 5.78 Å². The number of ketones is 1. The molecule has 84 valence electrons. The van der Waals surface area contributed by atoms with Gasteiger partial charge in [0.25, 0.3) is 0 Å². The van der Waals surface area contributed by atoms with Crippen molar-refractivity contribution in [3.05, 3.63) is 23.8 Å². The molecule has 0 radical (unpaired) electrons. The standard InChI is InChI=1S/C13H21NO/c1-5-14-7-6-11-9-13(3,4)8-10(2)12(11)15/h9,14H,2,5-8H2,1,3-4H3. The van der Waals surface area contributed by atoms with Crippen molar-refractivity contribution in [2.45, 2.75) is 33.6 Å². The number of Topliss-reactive ketones (excluding diaryl/α,β-unsaturated/α-hetero) is 1. The van der Waals surface area contributed by atoms with E-state index in [-0.39, 0.29) is 11.2 Å². The monoisotopic (exact) mass is 207 g/mol. The van der Waals surface area contributed by atoms with Crippen LogP contribution in [0.1, 0.15) is 33.6 Å². The molecule has 1 N–H and O–H groups in total. The first kappa shape index (κ1) is 12.2. The van der Waals surface area contributed by atoms with Gasteiger partial charge in [-0.05, 0) is 42.5 Å². The summed E-state index contributed by atoms with van der Waals surface area (Å²) in [4.78, 5) is 11.8. The Hall–Kier alpha value is -0.890. The van der Waals surface area contributed by atoms with Gasteiger partial charge in [0.05, 0.1) is 0 Å². The molecule has 0 heterocycles. The maximum absolute atomic E-state index is 11.8. The number of carbonyl (C=O) groups is 1. The van der Waals surface area contributed by atoms with E-state index in [0.29, 0.717) is 0 Å². The summed E-state index contributed by atoms with van der Waals surface area (Å²) >= 11 is 0. The van der Waals surface area contributed by atoms with Gasteiger partial charge in [-0.15, -0.1) is 0 Å². The molecule has 0 saturated carbocycles. The SMILES string of the molecule is C=C1CC(C)(C)C=C(CCNCC)C1=O. The zero-order valence-electron chi connectivity index (χ0n) is 10.0. The molecular weight excluding hydrogens is 186 g/mol. The van der Waals surface area contributed by atoms with Crippen LogP contribution >= 0.6 is 0 Å². The minimum atomic E-state index is 0.0898. The molecule has 0 aromatic carbocycles. The first-order valence-corrected chi connectivity index (χ1v) is 5.61. The smallest absolute Gasteiger partial charge is 0.184 e. The number of carbonyl (C=O) groups excluding carboxylic acids is 1. The number of hydrogen-bond acceptors (Lipinski definition) is 2. The van der Waals surface area contributed by atoms with Crippen LogP contribution in [0.15, 0.2) is 23.8 Å². The maximum Gasteiger partial charge on any atom is 0.184 e. The molecule has 0 aromatic rings. The summed E-state index contributed by atoms with van der Waals surface area (Å²) in [6, 6.07) is 0. The van der Waals surface area contributed by atoms with E-state index in [1.54, 1.807) is 0 Å². The van der Waals surface area contributed by atoms with Crippen molar-refractivity contribution in [2.24, 2.45) is 5.41 Å². The van der Waals surface area contributed by atoms with Gasteiger partial charge in [0, 0.05) is 0 Å². The molecule has 1 rings (SSSR count). The fourth-order valence-electron chi connectivity index (χ4n) is 2.03. The van der Waals surface area contributed by atoms with Crippen LogP contribution in [0.4, 0.5) is 0 Å². The Balaban J connectivity index is 2.71. The van der Waals surface area contributed by atoms with Crippen molar-refractivity contribution in [1.82, 2.24) is 5.32 Å². The Morgan fingerprint density at radius 1 is 1.53 bits per heavy atom. The van der Waals surface area contributed by atoms with Crippen LogP contribution in [0.3, 0.4) is 0 Å². The summed E-state index contributed by atoms with van der Waals surface area (Å²) in [5, 5.41) is 3.24. The molecule has 0 bridgehead atoms. The quantitative estimate of drug-likeness (QED) is 0.567. The third-order valence-corrected chi connectivity index (χ3v) is 2.67. The first-order chi connectivity index (χ1) is 6.96. The summed E-state index contributed by atoms with van der Waals surface area (Å²) < 4.78 is 0. The van der Waals surface area contributed by atoms with Gasteiger partial charge < -0.3 is 5.32 Å². The van der Waals surface area contributed by atoms with Gasteiger partial charge in [-0.1, -0.05) is 33.4 Å². The van der Waals surface area contributed by atoms with Gasteiger partial charge in [0.1, 0.15) is 0 Å². The van der Waals surface area contributed by atoms with Crippen LogP contribution in [0, 0.1) is 5.41 Å². The third kappa shape index (κ3) is 3.31. The average Bonchev–Trinajstić information content (AvgIpc) is 2.12. The second-order valence-corrected chi connectivity index (χ2v) is 4.87. The Morgan fingerprint density at radius 3 is 2.80 bits per heavy atom. The predicted octanol–water partition coefficient (Wildman–Crippen LogP) is 2.47. The molecule has 0 amide bonds. The summed E-state index contributed by atoms with van der Waals surface area (Å²) in [7, 11) is 0. The first-order valence-electron chi connectivity index (χ1n) is 5.61. The molecule has 0 unspecified atom stereocenters. The van der Waals surface area contributed by atoms with E-state index >= 15 is 0 Å². The average molecular weight is 207 g/mol. The summed E-state index contributed by atoms with van der Waals surface area (Å²) in [6.45, 7) is 12.1. The van der Waals surface area contributed by atoms with Crippen molar-refractivity contribution < 1.29 is 4.79 Å². The molecule has 2 heteroatoms. The van der Waals surface area contributed by atoms with E-state index in [1.807, 2.05) is 0 Å².